The van der Waals surface area contributed by atoms with Crippen LogP contribution in [0, 0.1) is 0 Å². The molecule has 8 nitrogen and oxygen atoms in total. The van der Waals surface area contributed by atoms with Crippen molar-refractivity contribution in [3.8, 4) is 34.1 Å². The molecule has 0 heterocycles. The Morgan fingerprint density at radius 3 is 1.68 bits per heavy atom. The largest absolute Gasteiger partial charge is 0.478 e. The molecule has 0 spiro atoms. The lowest BCUT2D eigenvalue weighted by Gasteiger charge is -2.13. The first kappa shape index (κ1) is 22.2. The summed E-state index contributed by atoms with van der Waals surface area (Å²) in [4.78, 5) is 23.9. The Morgan fingerprint density at radius 1 is 0.588 bits per heavy atom. The van der Waals surface area contributed by atoms with E-state index in [0.29, 0.717) is 39.8 Å². The number of carboxylic acids is 2. The van der Waals surface area contributed by atoms with Crippen LogP contribution in [0.3, 0.4) is 0 Å². The van der Waals surface area contributed by atoms with Gasteiger partial charge in [0.1, 0.15) is 28.6 Å². The van der Waals surface area contributed by atoms with Crippen LogP contribution in [0.2, 0.25) is 0 Å². The van der Waals surface area contributed by atoms with Crippen molar-refractivity contribution in [2.45, 2.75) is 0 Å². The average molecular weight is 456 g/mol. The van der Waals surface area contributed by atoms with Gasteiger partial charge < -0.3 is 31.2 Å². The molecule has 0 amide bonds. The molecule has 0 aromatic heterocycles. The number of carbonyl (C=O) groups is 2. The molecule has 34 heavy (non-hydrogen) atoms. The van der Waals surface area contributed by atoms with E-state index >= 15 is 0 Å². The summed E-state index contributed by atoms with van der Waals surface area (Å²) in [7, 11) is 0. The quantitative estimate of drug-likeness (QED) is 0.267. The summed E-state index contributed by atoms with van der Waals surface area (Å²) in [6.45, 7) is 0. The highest BCUT2D eigenvalue weighted by molar-refractivity contribution is 5.98. The average Bonchev–Trinajstić information content (AvgIpc) is 2.82. The third-order valence-electron chi connectivity index (χ3n) is 4.97. The van der Waals surface area contributed by atoms with Gasteiger partial charge >= 0.3 is 11.9 Å². The van der Waals surface area contributed by atoms with E-state index in [9.17, 15) is 19.8 Å². The Balaban J connectivity index is 1.69. The molecular weight excluding hydrogens is 436 g/mol. The minimum Gasteiger partial charge on any atom is -0.478 e. The number of rotatable bonds is 7. The number of benzene rings is 4. The number of nitrogens with two attached hydrogens (primary N) is 2. The van der Waals surface area contributed by atoms with E-state index in [1.54, 1.807) is 66.7 Å². The maximum absolute atomic E-state index is 12.0. The van der Waals surface area contributed by atoms with Crippen molar-refractivity contribution in [3.05, 3.63) is 96.1 Å². The number of anilines is 2. The van der Waals surface area contributed by atoms with Crippen LogP contribution in [0.25, 0.3) is 11.1 Å². The van der Waals surface area contributed by atoms with Crippen LogP contribution in [0.1, 0.15) is 20.7 Å². The van der Waals surface area contributed by atoms with Crippen molar-refractivity contribution in [1.29, 1.82) is 0 Å². The lowest BCUT2D eigenvalue weighted by molar-refractivity contribution is 0.0685. The summed E-state index contributed by atoms with van der Waals surface area (Å²) in [6, 6.07) is 22.2. The van der Waals surface area contributed by atoms with Gasteiger partial charge in [0, 0.05) is 11.4 Å². The molecule has 0 unspecified atom stereocenters. The van der Waals surface area contributed by atoms with Crippen LogP contribution in [0.4, 0.5) is 11.4 Å². The van der Waals surface area contributed by atoms with E-state index in [0.717, 1.165) is 0 Å². The molecule has 4 aromatic carbocycles. The van der Waals surface area contributed by atoms with Gasteiger partial charge in [0.2, 0.25) is 0 Å². The highest BCUT2D eigenvalue weighted by Gasteiger charge is 2.18. The monoisotopic (exact) mass is 456 g/mol. The lowest BCUT2D eigenvalue weighted by Crippen LogP contribution is -2.03. The summed E-state index contributed by atoms with van der Waals surface area (Å²) in [5.74, 6) is -1.06. The zero-order valence-electron chi connectivity index (χ0n) is 17.8. The molecule has 4 aromatic rings. The Bertz CT molecular complexity index is 1370. The van der Waals surface area contributed by atoms with Crippen LogP contribution in [-0.2, 0) is 0 Å². The molecule has 0 aliphatic carbocycles. The topological polar surface area (TPSA) is 145 Å². The van der Waals surface area contributed by atoms with Crippen molar-refractivity contribution < 1.29 is 29.3 Å². The molecule has 6 N–H and O–H groups in total. The van der Waals surface area contributed by atoms with Gasteiger partial charge in [-0.1, -0.05) is 6.07 Å². The highest BCUT2D eigenvalue weighted by atomic mass is 16.5. The molecule has 4 rings (SSSR count). The van der Waals surface area contributed by atoms with E-state index in [2.05, 4.69) is 0 Å². The number of nitrogen functional groups attached to an aromatic ring is 2. The second-order valence-electron chi connectivity index (χ2n) is 7.37. The molecule has 0 bridgehead atoms. The minimum atomic E-state index is -1.22. The fourth-order valence-corrected chi connectivity index (χ4v) is 3.30. The van der Waals surface area contributed by atoms with Gasteiger partial charge in [0.25, 0.3) is 0 Å². The fraction of sp³-hybridized carbons (Fsp3) is 0. The standard InChI is InChI=1S/C26H20N2O6/c27-16-2-6-18(7-3-16)33-20-10-11-21(22(14-20)25(29)30)15-1-12-24(23(13-15)26(31)32)34-19-8-4-17(28)5-9-19/h1-14H,27-28H2,(H,29,30)(H,31,32). The van der Waals surface area contributed by atoms with Crippen LogP contribution >= 0.6 is 0 Å². The van der Waals surface area contributed by atoms with E-state index in [4.69, 9.17) is 20.9 Å². The van der Waals surface area contributed by atoms with E-state index < -0.39 is 11.9 Å². The first-order valence-corrected chi connectivity index (χ1v) is 10.1. The van der Waals surface area contributed by atoms with E-state index in [-0.39, 0.29) is 16.9 Å². The van der Waals surface area contributed by atoms with E-state index in [1.807, 2.05) is 0 Å². The van der Waals surface area contributed by atoms with Crippen molar-refractivity contribution in [3.63, 3.8) is 0 Å². The lowest BCUT2D eigenvalue weighted by atomic mass is 9.97. The number of hydrogen-bond acceptors (Lipinski definition) is 6. The predicted octanol–water partition coefficient (Wildman–Crippen LogP) is 5.50. The van der Waals surface area contributed by atoms with Gasteiger partial charge in [0.05, 0.1) is 5.56 Å². The highest BCUT2D eigenvalue weighted by Crippen LogP contribution is 2.34. The Hall–Kier alpha value is -4.98. The first-order valence-electron chi connectivity index (χ1n) is 10.1. The van der Waals surface area contributed by atoms with Crippen molar-refractivity contribution in [2.75, 3.05) is 11.5 Å². The third-order valence-corrected chi connectivity index (χ3v) is 4.97. The molecule has 170 valence electrons. The van der Waals surface area contributed by atoms with Crippen LogP contribution in [-0.4, -0.2) is 22.2 Å². The maximum atomic E-state index is 12.0. The SMILES string of the molecule is Nc1ccc(Oc2ccc(-c3ccc(Oc4ccc(N)cc4)c(C(=O)O)c3)c(C(=O)O)c2)cc1. The molecule has 8 heteroatoms. The molecule has 0 aliphatic heterocycles. The van der Waals surface area contributed by atoms with Crippen LogP contribution < -0.4 is 20.9 Å². The Labute approximate surface area is 194 Å². The number of hydrogen-bond donors (Lipinski definition) is 4. The van der Waals surface area contributed by atoms with E-state index in [1.165, 1.54) is 18.2 Å². The molecule has 0 radical (unpaired) electrons. The van der Waals surface area contributed by atoms with Gasteiger partial charge in [-0.3, -0.25) is 0 Å². The molecule has 0 saturated carbocycles. The molecule has 0 atom stereocenters. The second kappa shape index (κ2) is 9.25. The maximum Gasteiger partial charge on any atom is 0.339 e. The summed E-state index contributed by atoms with van der Waals surface area (Å²) in [5, 5.41) is 19.5. The zero-order chi connectivity index (χ0) is 24.2. The molecule has 0 aliphatic rings. The van der Waals surface area contributed by atoms with Gasteiger partial charge in [-0.05, 0) is 90.0 Å². The third kappa shape index (κ3) is 4.91. The summed E-state index contributed by atoms with van der Waals surface area (Å²) < 4.78 is 11.4. The summed E-state index contributed by atoms with van der Waals surface area (Å²) in [6.07, 6.45) is 0. The predicted molar refractivity (Wildman–Crippen MR) is 128 cm³/mol. The van der Waals surface area contributed by atoms with Crippen molar-refractivity contribution in [1.82, 2.24) is 0 Å². The van der Waals surface area contributed by atoms with Gasteiger partial charge in [-0.2, -0.15) is 0 Å². The fourth-order valence-electron chi connectivity index (χ4n) is 3.30. The first-order chi connectivity index (χ1) is 16.3. The minimum absolute atomic E-state index is 0.0449. The number of aromatic carboxylic acids is 2. The zero-order valence-corrected chi connectivity index (χ0v) is 17.8. The van der Waals surface area contributed by atoms with Crippen LogP contribution in [0.15, 0.2) is 84.9 Å². The van der Waals surface area contributed by atoms with Gasteiger partial charge in [-0.25, -0.2) is 9.59 Å². The Kier molecular flexibility index (Phi) is 6.05. The van der Waals surface area contributed by atoms with Crippen LogP contribution in [0.5, 0.6) is 23.0 Å². The summed E-state index contributed by atoms with van der Waals surface area (Å²) in [5.41, 5.74) is 13.0. The molecule has 0 fully saturated rings. The summed E-state index contributed by atoms with van der Waals surface area (Å²) >= 11 is 0. The molecular formula is C26H20N2O6. The smallest absolute Gasteiger partial charge is 0.339 e. The molecule has 0 saturated heterocycles. The van der Waals surface area contributed by atoms with Crippen molar-refractivity contribution in [2.24, 2.45) is 0 Å². The Morgan fingerprint density at radius 2 is 1.12 bits per heavy atom. The number of ether oxygens (including phenoxy) is 2. The number of carboxylic acid groups (broad SMARTS) is 2. The van der Waals surface area contributed by atoms with Crippen molar-refractivity contribution >= 4 is 23.3 Å². The second-order valence-corrected chi connectivity index (χ2v) is 7.37. The van der Waals surface area contributed by atoms with Gasteiger partial charge in [0.15, 0.2) is 0 Å². The van der Waals surface area contributed by atoms with Gasteiger partial charge in [-0.15, -0.1) is 0 Å². The normalized spacial score (nSPS) is 10.5.